The average molecular weight is 583 g/mol. The maximum Gasteiger partial charge on any atom is 0.433 e. The summed E-state index contributed by atoms with van der Waals surface area (Å²) >= 11 is 0. The molecule has 0 radical (unpaired) electrons. The van der Waals surface area contributed by atoms with Crippen LogP contribution in [0.25, 0.3) is 11.1 Å². The van der Waals surface area contributed by atoms with E-state index >= 15 is 4.39 Å². The van der Waals surface area contributed by atoms with E-state index in [1.165, 1.54) is 18.2 Å². The summed E-state index contributed by atoms with van der Waals surface area (Å²) in [5.74, 6) is -2.18. The highest BCUT2D eigenvalue weighted by Gasteiger charge is 2.65. The Kier molecular flexibility index (Phi) is 7.15. The molecule has 14 heteroatoms. The highest BCUT2D eigenvalue weighted by atomic mass is 32.2. The molecule has 3 heterocycles. The second-order valence-corrected chi connectivity index (χ2v) is 10.8. The highest BCUT2D eigenvalue weighted by Crippen LogP contribution is 2.54. The molecule has 1 saturated heterocycles. The van der Waals surface area contributed by atoms with Gasteiger partial charge in [-0.1, -0.05) is 6.07 Å². The van der Waals surface area contributed by atoms with E-state index in [2.05, 4.69) is 15.3 Å². The Balaban J connectivity index is 1.32. The molecule has 1 unspecified atom stereocenters. The van der Waals surface area contributed by atoms with Crippen molar-refractivity contribution in [1.29, 1.82) is 0 Å². The molecule has 2 aliphatic rings. The number of aromatic nitrogens is 2. The molecule has 210 valence electrons. The summed E-state index contributed by atoms with van der Waals surface area (Å²) in [7, 11) is -2.32. The van der Waals surface area contributed by atoms with Gasteiger partial charge in [0.2, 0.25) is 5.91 Å². The lowest BCUT2D eigenvalue weighted by atomic mass is 10.1. The molecule has 40 heavy (non-hydrogen) atoms. The van der Waals surface area contributed by atoms with Gasteiger partial charge in [0.1, 0.15) is 40.3 Å². The molecule has 1 N–H and O–H groups in total. The van der Waals surface area contributed by atoms with E-state index in [9.17, 15) is 35.8 Å². The monoisotopic (exact) mass is 582 g/mol. The molecule has 1 aromatic carbocycles. The van der Waals surface area contributed by atoms with Gasteiger partial charge in [0.05, 0.1) is 24.0 Å². The van der Waals surface area contributed by atoms with Gasteiger partial charge < -0.3 is 10.2 Å². The third kappa shape index (κ3) is 5.19. The fraction of sp³-hybridized carbons (Fsp3) is 0.308. The van der Waals surface area contributed by atoms with Gasteiger partial charge in [-0.2, -0.15) is 13.2 Å². The summed E-state index contributed by atoms with van der Waals surface area (Å²) in [6, 6.07) is 6.11. The number of hydrogen-bond donors (Lipinski definition) is 1. The van der Waals surface area contributed by atoms with E-state index in [0.717, 1.165) is 35.5 Å². The summed E-state index contributed by atoms with van der Waals surface area (Å²) in [4.78, 5) is 34.5. The zero-order valence-corrected chi connectivity index (χ0v) is 21.2. The van der Waals surface area contributed by atoms with Gasteiger partial charge in [-0.3, -0.25) is 19.6 Å². The highest BCUT2D eigenvalue weighted by molar-refractivity contribution is 8.00. The molecule has 1 aliphatic carbocycles. The number of benzene rings is 1. The van der Waals surface area contributed by atoms with Gasteiger partial charge in [0.25, 0.3) is 0 Å². The molecule has 2 fully saturated rings. The zero-order chi connectivity index (χ0) is 28.8. The Labute approximate surface area is 226 Å². The van der Waals surface area contributed by atoms with Crippen molar-refractivity contribution in [3.63, 3.8) is 0 Å². The molecule has 7 nitrogen and oxygen atoms in total. The zero-order valence-electron chi connectivity index (χ0n) is 20.4. The molecular formula is C26H20F6N4O3S. The molecule has 3 atom stereocenters. The number of carbonyl (C=O) groups excluding carboxylic acids is 2. The first-order valence-corrected chi connectivity index (χ1v) is 13.2. The molecule has 0 bridgehead atoms. The van der Waals surface area contributed by atoms with Crippen LogP contribution in [0, 0.1) is 11.6 Å². The predicted octanol–water partition coefficient (Wildman–Crippen LogP) is 4.93. The number of carbonyl (C=O) groups is 2. The van der Waals surface area contributed by atoms with Crippen LogP contribution >= 0.6 is 0 Å². The molecule has 1 spiro atoms. The normalized spacial score (nSPS) is 20.4. The van der Waals surface area contributed by atoms with Crippen molar-refractivity contribution in [3.8, 4) is 11.1 Å². The number of nitrogens with one attached hydrogen (secondary N) is 1. The number of rotatable bonds is 5. The van der Waals surface area contributed by atoms with Gasteiger partial charge in [-0.15, -0.1) is 0 Å². The first-order valence-electron chi connectivity index (χ1n) is 12.0. The van der Waals surface area contributed by atoms with Gasteiger partial charge in [-0.05, 0) is 49.2 Å². The molecule has 2 aromatic heterocycles. The fourth-order valence-corrected chi connectivity index (χ4v) is 5.83. The van der Waals surface area contributed by atoms with E-state index in [0.29, 0.717) is 6.07 Å². The van der Waals surface area contributed by atoms with Crippen molar-refractivity contribution in [2.75, 3.05) is 0 Å². The lowest BCUT2D eigenvalue weighted by Crippen LogP contribution is -2.51. The van der Waals surface area contributed by atoms with Crippen LogP contribution in [0.4, 0.5) is 31.1 Å². The van der Waals surface area contributed by atoms with Gasteiger partial charge in [-0.25, -0.2) is 17.4 Å². The average Bonchev–Trinajstić information content (AvgIpc) is 3.67. The molecule has 1 aliphatic heterocycles. The first-order chi connectivity index (χ1) is 18.9. The van der Waals surface area contributed by atoms with Crippen LogP contribution in [0.2, 0.25) is 0 Å². The SMILES string of the molecule is O=C(NCc1cc(-c2ccc(C(F)(F)F)nc2)c(F)cn1)[C@@H]1C[C@@H](F)C2(CC2)N1C(=O)S(=O)c1ccc(F)cc1. The Bertz CT molecular complexity index is 1480. The lowest BCUT2D eigenvalue weighted by Gasteiger charge is -2.29. The van der Waals surface area contributed by atoms with Crippen molar-refractivity contribution in [2.45, 2.75) is 54.6 Å². The quantitative estimate of drug-likeness (QED) is 0.431. The number of halogens is 6. The summed E-state index contributed by atoms with van der Waals surface area (Å²) in [5.41, 5.74) is -2.31. The molecule has 2 amide bonds. The third-order valence-corrected chi connectivity index (χ3v) is 8.19. The minimum atomic E-state index is -4.66. The molecule has 5 rings (SSSR count). The number of nitrogens with zero attached hydrogens (tertiary/aromatic N) is 3. The largest absolute Gasteiger partial charge is 0.433 e. The van der Waals surface area contributed by atoms with Crippen LogP contribution in [0.5, 0.6) is 0 Å². The minimum Gasteiger partial charge on any atom is -0.349 e. The van der Waals surface area contributed by atoms with Gasteiger partial charge in [0, 0.05) is 28.6 Å². The summed E-state index contributed by atoms with van der Waals surface area (Å²) in [5, 5.41) is 1.56. The van der Waals surface area contributed by atoms with Crippen LogP contribution in [0.1, 0.15) is 30.7 Å². The van der Waals surface area contributed by atoms with Gasteiger partial charge >= 0.3 is 11.4 Å². The van der Waals surface area contributed by atoms with E-state index in [1.54, 1.807) is 0 Å². The van der Waals surface area contributed by atoms with Crippen LogP contribution in [0.15, 0.2) is 59.8 Å². The Morgan fingerprint density at radius 1 is 1.05 bits per heavy atom. The van der Waals surface area contributed by atoms with Crippen molar-refractivity contribution in [3.05, 3.63) is 77.9 Å². The Morgan fingerprint density at radius 2 is 1.75 bits per heavy atom. The topological polar surface area (TPSA) is 92.3 Å². The van der Waals surface area contributed by atoms with E-state index < -0.39 is 63.2 Å². The number of amides is 2. The maximum absolute atomic E-state index is 15.0. The predicted molar refractivity (Wildman–Crippen MR) is 130 cm³/mol. The van der Waals surface area contributed by atoms with E-state index in [-0.39, 0.29) is 47.5 Å². The smallest absolute Gasteiger partial charge is 0.349 e. The Morgan fingerprint density at radius 3 is 2.35 bits per heavy atom. The van der Waals surface area contributed by atoms with Crippen molar-refractivity contribution in [2.24, 2.45) is 0 Å². The number of likely N-dealkylation sites (tertiary alicyclic amines) is 1. The third-order valence-electron chi connectivity index (χ3n) is 6.97. The molecular weight excluding hydrogens is 562 g/mol. The van der Waals surface area contributed by atoms with Crippen LogP contribution in [0.3, 0.4) is 0 Å². The van der Waals surface area contributed by atoms with E-state index in [4.69, 9.17) is 0 Å². The minimum absolute atomic E-state index is 0.00413. The lowest BCUT2D eigenvalue weighted by molar-refractivity contribution is -0.141. The molecule has 3 aromatic rings. The second-order valence-electron chi connectivity index (χ2n) is 9.48. The Hall–Kier alpha value is -3.81. The molecule has 1 saturated carbocycles. The summed E-state index contributed by atoms with van der Waals surface area (Å²) in [6.45, 7) is -0.274. The second kappa shape index (κ2) is 10.3. The van der Waals surface area contributed by atoms with Crippen LogP contribution in [-0.2, 0) is 28.3 Å². The van der Waals surface area contributed by atoms with Crippen molar-refractivity contribution in [1.82, 2.24) is 20.2 Å². The number of pyridine rings is 2. The number of hydrogen-bond acceptors (Lipinski definition) is 5. The summed E-state index contributed by atoms with van der Waals surface area (Å²) in [6.07, 6.45) is -4.24. The first kappa shape index (κ1) is 27.7. The van der Waals surface area contributed by atoms with E-state index in [1.807, 2.05) is 0 Å². The fourth-order valence-electron chi connectivity index (χ4n) is 4.76. The van der Waals surface area contributed by atoms with Crippen LogP contribution < -0.4 is 5.32 Å². The van der Waals surface area contributed by atoms with Crippen molar-refractivity contribution < 1.29 is 40.1 Å². The van der Waals surface area contributed by atoms with Crippen molar-refractivity contribution >= 4 is 21.9 Å². The number of alkyl halides is 4. The standard InChI is InChI=1S/C26H20F6N4O3S/c27-15-2-4-17(5-3-15)40(39)24(38)36-20(10-21(29)25(36)7-8-25)23(37)35-12-16-9-18(19(28)13-33-16)14-1-6-22(34-11-14)26(30,31)32/h1-6,9,11,13,20-21H,7-8,10,12H2,(H,35,37)/t20-,21+,40?/m0/s1. The summed E-state index contributed by atoms with van der Waals surface area (Å²) < 4.78 is 94.0. The van der Waals surface area contributed by atoms with Crippen LogP contribution in [-0.4, -0.2) is 48.0 Å². The van der Waals surface area contributed by atoms with Gasteiger partial charge in [0.15, 0.2) is 0 Å². The maximum atomic E-state index is 15.0.